The summed E-state index contributed by atoms with van der Waals surface area (Å²) in [5, 5.41) is 10.1. The van der Waals surface area contributed by atoms with E-state index in [9.17, 15) is 0 Å². The molecule has 7 heteroatoms. The van der Waals surface area contributed by atoms with Crippen LogP contribution in [0.2, 0.25) is 0 Å². The van der Waals surface area contributed by atoms with Crippen molar-refractivity contribution in [3.8, 4) is 17.1 Å². The van der Waals surface area contributed by atoms with Gasteiger partial charge in [-0.2, -0.15) is 0 Å². The van der Waals surface area contributed by atoms with E-state index in [0.717, 1.165) is 58.3 Å². The van der Waals surface area contributed by atoms with Crippen molar-refractivity contribution in [1.29, 1.82) is 0 Å². The number of methoxy groups -OCH3 is 1. The number of morpholine rings is 1. The summed E-state index contributed by atoms with van der Waals surface area (Å²) in [5.74, 6) is 2.32. The number of hydrogen-bond acceptors (Lipinski definition) is 6. The molecule has 4 aromatic rings. The van der Waals surface area contributed by atoms with Gasteiger partial charge in [-0.05, 0) is 31.2 Å². The van der Waals surface area contributed by atoms with Gasteiger partial charge in [0, 0.05) is 18.5 Å². The number of para-hydroxylation sites is 1. The quantitative estimate of drug-likeness (QED) is 0.548. The molecule has 3 heterocycles. The van der Waals surface area contributed by atoms with E-state index >= 15 is 0 Å². The molecule has 0 radical (unpaired) electrons. The van der Waals surface area contributed by atoms with Crippen LogP contribution in [0.3, 0.4) is 0 Å². The first-order valence-corrected chi connectivity index (χ1v) is 9.38. The second kappa shape index (κ2) is 6.76. The summed E-state index contributed by atoms with van der Waals surface area (Å²) in [5.41, 5.74) is 3.77. The highest BCUT2D eigenvalue weighted by atomic mass is 16.5. The molecule has 5 rings (SSSR count). The molecule has 1 fully saturated rings. The highest BCUT2D eigenvalue weighted by Crippen LogP contribution is 2.33. The lowest BCUT2D eigenvalue weighted by Gasteiger charge is -2.28. The number of anilines is 1. The highest BCUT2D eigenvalue weighted by Gasteiger charge is 2.23. The molecule has 1 aliphatic rings. The molecule has 0 saturated carbocycles. The van der Waals surface area contributed by atoms with E-state index in [1.165, 1.54) is 0 Å². The fraction of sp³-hybridized carbons (Fsp3) is 0.286. The molecule has 0 amide bonds. The van der Waals surface area contributed by atoms with Crippen molar-refractivity contribution in [3.63, 3.8) is 0 Å². The first kappa shape index (κ1) is 16.9. The predicted molar refractivity (Wildman–Crippen MR) is 108 cm³/mol. The van der Waals surface area contributed by atoms with E-state index in [0.29, 0.717) is 13.2 Å². The van der Waals surface area contributed by atoms with Crippen LogP contribution in [0, 0.1) is 6.92 Å². The number of aryl methyl sites for hydroxylation is 1. The summed E-state index contributed by atoms with van der Waals surface area (Å²) < 4.78 is 13.2. The molecule has 7 nitrogen and oxygen atoms in total. The Morgan fingerprint density at radius 1 is 1.04 bits per heavy atom. The maximum atomic E-state index is 5.57. The molecule has 2 aromatic heterocycles. The van der Waals surface area contributed by atoms with E-state index in [1.54, 1.807) is 7.11 Å². The molecule has 0 aliphatic carbocycles. The first-order valence-electron chi connectivity index (χ1n) is 9.38. The Morgan fingerprint density at radius 2 is 1.86 bits per heavy atom. The molecule has 1 aliphatic heterocycles. The Kier molecular flexibility index (Phi) is 4.09. The van der Waals surface area contributed by atoms with Gasteiger partial charge in [0.05, 0.1) is 31.4 Å². The van der Waals surface area contributed by atoms with Gasteiger partial charge in [-0.1, -0.05) is 23.8 Å². The Morgan fingerprint density at radius 3 is 2.68 bits per heavy atom. The fourth-order valence-electron chi connectivity index (χ4n) is 3.71. The van der Waals surface area contributed by atoms with Crippen LogP contribution in [0.1, 0.15) is 5.56 Å². The molecule has 0 spiro atoms. The van der Waals surface area contributed by atoms with Crippen molar-refractivity contribution in [1.82, 2.24) is 19.6 Å². The largest absolute Gasteiger partial charge is 0.496 e. The number of fused-ring (bicyclic) bond motifs is 3. The molecule has 2 aromatic carbocycles. The molecule has 0 N–H and O–H groups in total. The van der Waals surface area contributed by atoms with Gasteiger partial charge in [0.25, 0.3) is 0 Å². The third-order valence-electron chi connectivity index (χ3n) is 5.12. The average Bonchev–Trinajstić information content (AvgIpc) is 3.19. The van der Waals surface area contributed by atoms with Gasteiger partial charge in [0.15, 0.2) is 11.5 Å². The zero-order valence-corrected chi connectivity index (χ0v) is 15.9. The predicted octanol–water partition coefficient (Wildman–Crippen LogP) is 3.10. The summed E-state index contributed by atoms with van der Waals surface area (Å²) in [6, 6.07) is 14.1. The van der Waals surface area contributed by atoms with Gasteiger partial charge in [-0.3, -0.25) is 0 Å². The Hall–Kier alpha value is -3.19. The number of nitrogens with zero attached hydrogens (tertiary/aromatic N) is 5. The lowest BCUT2D eigenvalue weighted by molar-refractivity contribution is 0.122. The van der Waals surface area contributed by atoms with Crippen molar-refractivity contribution < 1.29 is 9.47 Å². The van der Waals surface area contributed by atoms with Gasteiger partial charge < -0.3 is 14.4 Å². The third kappa shape index (κ3) is 2.66. The molecule has 0 bridgehead atoms. The summed E-state index contributed by atoms with van der Waals surface area (Å²) >= 11 is 0. The van der Waals surface area contributed by atoms with Crippen molar-refractivity contribution in [2.24, 2.45) is 0 Å². The minimum Gasteiger partial charge on any atom is -0.496 e. The zero-order valence-electron chi connectivity index (χ0n) is 15.9. The van der Waals surface area contributed by atoms with Gasteiger partial charge in [-0.25, -0.2) is 9.38 Å². The van der Waals surface area contributed by atoms with E-state index in [2.05, 4.69) is 34.2 Å². The lowest BCUT2D eigenvalue weighted by Crippen LogP contribution is -2.38. The van der Waals surface area contributed by atoms with Gasteiger partial charge in [0.1, 0.15) is 5.75 Å². The van der Waals surface area contributed by atoms with Crippen LogP contribution >= 0.6 is 0 Å². The topological polar surface area (TPSA) is 64.8 Å². The van der Waals surface area contributed by atoms with Gasteiger partial charge >= 0.3 is 0 Å². The number of hydrogen-bond donors (Lipinski definition) is 0. The second-order valence-electron chi connectivity index (χ2n) is 6.91. The van der Waals surface area contributed by atoms with Gasteiger partial charge in [0.2, 0.25) is 5.95 Å². The van der Waals surface area contributed by atoms with Crippen LogP contribution in [0.15, 0.2) is 42.5 Å². The van der Waals surface area contributed by atoms with Crippen molar-refractivity contribution in [2.75, 3.05) is 38.3 Å². The van der Waals surface area contributed by atoms with Crippen molar-refractivity contribution in [2.45, 2.75) is 6.92 Å². The third-order valence-corrected chi connectivity index (χ3v) is 5.12. The van der Waals surface area contributed by atoms with E-state index in [1.807, 2.05) is 34.7 Å². The van der Waals surface area contributed by atoms with E-state index < -0.39 is 0 Å². The number of benzene rings is 2. The van der Waals surface area contributed by atoms with Crippen LogP contribution < -0.4 is 9.64 Å². The van der Waals surface area contributed by atoms with Crippen molar-refractivity contribution in [3.05, 3.63) is 48.0 Å². The average molecular weight is 375 g/mol. The number of rotatable bonds is 3. The normalized spacial score (nSPS) is 14.7. The van der Waals surface area contributed by atoms with Crippen LogP contribution in [-0.2, 0) is 4.74 Å². The first-order chi connectivity index (χ1) is 13.8. The monoisotopic (exact) mass is 375 g/mol. The van der Waals surface area contributed by atoms with E-state index in [-0.39, 0.29) is 0 Å². The maximum absolute atomic E-state index is 5.57. The molecule has 0 unspecified atom stereocenters. The minimum atomic E-state index is 0.682. The summed E-state index contributed by atoms with van der Waals surface area (Å²) in [6.45, 7) is 5.00. The van der Waals surface area contributed by atoms with Crippen LogP contribution in [0.5, 0.6) is 5.75 Å². The number of ether oxygens (including phenoxy) is 2. The second-order valence-corrected chi connectivity index (χ2v) is 6.91. The van der Waals surface area contributed by atoms with Crippen molar-refractivity contribution >= 4 is 22.5 Å². The standard InChI is InChI=1S/C21H21N5O2/c1-14-7-8-17-16(13-14)20-24-23-19(15-5-3-4-6-18(15)27-2)26(20)21(22-17)25-9-11-28-12-10-25/h3-8,13H,9-12H2,1-2H3. The SMILES string of the molecule is COc1ccccc1-c1nnc2c3cc(C)ccc3nc(N3CCOCC3)n12. The minimum absolute atomic E-state index is 0.682. The van der Waals surface area contributed by atoms with Crippen LogP contribution in [-0.4, -0.2) is 53.0 Å². The molecule has 1 saturated heterocycles. The molecule has 142 valence electrons. The Labute approximate surface area is 162 Å². The Balaban J connectivity index is 1.85. The van der Waals surface area contributed by atoms with Crippen LogP contribution in [0.4, 0.5) is 5.95 Å². The summed E-state index contributed by atoms with van der Waals surface area (Å²) in [4.78, 5) is 7.23. The maximum Gasteiger partial charge on any atom is 0.213 e. The Bertz CT molecular complexity index is 1160. The summed E-state index contributed by atoms with van der Waals surface area (Å²) in [7, 11) is 1.67. The molecular formula is C21H21N5O2. The smallest absolute Gasteiger partial charge is 0.213 e. The van der Waals surface area contributed by atoms with Gasteiger partial charge in [-0.15, -0.1) is 10.2 Å². The van der Waals surface area contributed by atoms with E-state index in [4.69, 9.17) is 14.5 Å². The summed E-state index contributed by atoms with van der Waals surface area (Å²) in [6.07, 6.45) is 0. The van der Waals surface area contributed by atoms with Crippen LogP contribution in [0.25, 0.3) is 27.9 Å². The molecule has 0 atom stereocenters. The molecule has 28 heavy (non-hydrogen) atoms. The fourth-order valence-corrected chi connectivity index (χ4v) is 3.71. The zero-order chi connectivity index (χ0) is 19.1. The number of aromatic nitrogens is 4. The lowest BCUT2D eigenvalue weighted by atomic mass is 10.1. The highest BCUT2D eigenvalue weighted by molar-refractivity contribution is 5.94. The molecular weight excluding hydrogens is 354 g/mol.